The van der Waals surface area contributed by atoms with Gasteiger partial charge in [-0.25, -0.2) is 0 Å². The molecule has 112 valence electrons. The fraction of sp³-hybridized carbons (Fsp3) is 0.333. The van der Waals surface area contributed by atoms with Crippen LogP contribution in [0.4, 0.5) is 5.69 Å². The molecule has 0 aliphatic rings. The first-order chi connectivity index (χ1) is 10.2. The summed E-state index contributed by atoms with van der Waals surface area (Å²) >= 11 is 5.93. The zero-order chi connectivity index (χ0) is 15.1. The summed E-state index contributed by atoms with van der Waals surface area (Å²) < 4.78 is 0. The van der Waals surface area contributed by atoms with Gasteiger partial charge in [0.05, 0.1) is 0 Å². The van der Waals surface area contributed by atoms with Crippen molar-refractivity contribution in [1.29, 1.82) is 0 Å². The Kier molecular flexibility index (Phi) is 6.09. The van der Waals surface area contributed by atoms with Crippen molar-refractivity contribution in [2.24, 2.45) is 0 Å². The van der Waals surface area contributed by atoms with E-state index in [2.05, 4.69) is 60.6 Å². The van der Waals surface area contributed by atoms with Crippen LogP contribution < -0.4 is 5.32 Å². The number of hydrogen-bond donors (Lipinski definition) is 1. The van der Waals surface area contributed by atoms with Crippen LogP contribution in [0.5, 0.6) is 0 Å². The fourth-order valence-corrected chi connectivity index (χ4v) is 2.43. The topological polar surface area (TPSA) is 15.3 Å². The maximum atomic E-state index is 5.93. The lowest BCUT2D eigenvalue weighted by molar-refractivity contribution is 0.261. The highest BCUT2D eigenvalue weighted by molar-refractivity contribution is 6.30. The van der Waals surface area contributed by atoms with E-state index in [0.29, 0.717) is 6.04 Å². The minimum Gasteiger partial charge on any atom is -0.385 e. The van der Waals surface area contributed by atoms with Crippen LogP contribution in [-0.4, -0.2) is 25.0 Å². The first-order valence-electron chi connectivity index (χ1n) is 7.41. The van der Waals surface area contributed by atoms with E-state index in [1.54, 1.807) is 0 Å². The van der Waals surface area contributed by atoms with Crippen LogP contribution in [0.3, 0.4) is 0 Å². The lowest BCUT2D eigenvalue weighted by Crippen LogP contribution is -2.25. The molecule has 0 aliphatic carbocycles. The van der Waals surface area contributed by atoms with Crippen molar-refractivity contribution in [1.82, 2.24) is 4.90 Å². The summed E-state index contributed by atoms with van der Waals surface area (Å²) in [7, 11) is 2.17. The Morgan fingerprint density at radius 2 is 1.71 bits per heavy atom. The van der Waals surface area contributed by atoms with Gasteiger partial charge < -0.3 is 5.32 Å². The first kappa shape index (κ1) is 15.9. The van der Waals surface area contributed by atoms with Crippen LogP contribution in [0.1, 0.15) is 24.9 Å². The molecule has 3 heteroatoms. The van der Waals surface area contributed by atoms with E-state index in [0.717, 1.165) is 24.5 Å². The van der Waals surface area contributed by atoms with Crippen molar-refractivity contribution in [3.8, 4) is 0 Å². The van der Waals surface area contributed by atoms with Gasteiger partial charge >= 0.3 is 0 Å². The molecule has 0 spiro atoms. The summed E-state index contributed by atoms with van der Waals surface area (Å²) in [5, 5.41) is 4.23. The normalized spacial score (nSPS) is 12.4. The van der Waals surface area contributed by atoms with Crippen molar-refractivity contribution >= 4 is 17.3 Å². The molecular weight excluding hydrogens is 280 g/mol. The molecule has 2 aromatic carbocycles. The van der Waals surface area contributed by atoms with Crippen molar-refractivity contribution < 1.29 is 0 Å². The highest BCUT2D eigenvalue weighted by Gasteiger charge is 2.10. The summed E-state index contributed by atoms with van der Waals surface area (Å²) in [4.78, 5) is 2.37. The van der Waals surface area contributed by atoms with Gasteiger partial charge in [-0.1, -0.05) is 41.9 Å². The lowest BCUT2D eigenvalue weighted by Gasteiger charge is -2.25. The van der Waals surface area contributed by atoms with E-state index in [1.165, 1.54) is 11.3 Å². The van der Waals surface area contributed by atoms with Crippen LogP contribution in [0.2, 0.25) is 5.02 Å². The molecule has 0 fully saturated rings. The number of para-hydroxylation sites is 1. The van der Waals surface area contributed by atoms with Crippen LogP contribution in [0, 0.1) is 0 Å². The van der Waals surface area contributed by atoms with E-state index >= 15 is 0 Å². The average molecular weight is 303 g/mol. The van der Waals surface area contributed by atoms with E-state index in [-0.39, 0.29) is 0 Å². The van der Waals surface area contributed by atoms with Gasteiger partial charge in [-0.15, -0.1) is 0 Å². The minimum atomic E-state index is 0.402. The lowest BCUT2D eigenvalue weighted by atomic mass is 10.1. The maximum Gasteiger partial charge on any atom is 0.0406 e. The van der Waals surface area contributed by atoms with E-state index in [9.17, 15) is 0 Å². The van der Waals surface area contributed by atoms with Crippen molar-refractivity contribution in [2.75, 3.05) is 25.5 Å². The van der Waals surface area contributed by atoms with Crippen molar-refractivity contribution in [3.63, 3.8) is 0 Å². The second kappa shape index (κ2) is 8.06. The van der Waals surface area contributed by atoms with Crippen LogP contribution in [-0.2, 0) is 0 Å². The standard InChI is InChI=1S/C18H23ClN2/c1-15(16-9-11-17(19)12-10-16)21(2)14-6-13-20-18-7-4-3-5-8-18/h3-5,7-12,15,20H,6,13-14H2,1-2H3. The van der Waals surface area contributed by atoms with Gasteiger partial charge in [-0.05, 0) is 50.2 Å². The number of halogens is 1. The third kappa shape index (κ3) is 5.07. The number of benzene rings is 2. The summed E-state index contributed by atoms with van der Waals surface area (Å²) in [6.45, 7) is 4.28. The number of anilines is 1. The quantitative estimate of drug-likeness (QED) is 0.737. The van der Waals surface area contributed by atoms with Gasteiger partial charge in [-0.2, -0.15) is 0 Å². The third-order valence-corrected chi connectivity index (χ3v) is 4.06. The fourth-order valence-electron chi connectivity index (χ4n) is 2.31. The molecule has 0 aromatic heterocycles. The Bertz CT molecular complexity index is 525. The molecular formula is C18H23ClN2. The van der Waals surface area contributed by atoms with E-state index < -0.39 is 0 Å². The molecule has 2 nitrogen and oxygen atoms in total. The summed E-state index contributed by atoms with van der Waals surface area (Å²) in [5.41, 5.74) is 2.49. The summed E-state index contributed by atoms with van der Waals surface area (Å²) in [5.74, 6) is 0. The molecule has 1 unspecified atom stereocenters. The molecule has 2 rings (SSSR count). The van der Waals surface area contributed by atoms with Gasteiger partial charge in [0, 0.05) is 29.8 Å². The number of rotatable bonds is 7. The van der Waals surface area contributed by atoms with Crippen molar-refractivity contribution in [3.05, 3.63) is 65.2 Å². The first-order valence-corrected chi connectivity index (χ1v) is 7.79. The second-order valence-electron chi connectivity index (χ2n) is 5.35. The Balaban J connectivity index is 1.74. The Labute approximate surface area is 132 Å². The third-order valence-electron chi connectivity index (χ3n) is 3.80. The van der Waals surface area contributed by atoms with Gasteiger partial charge in [0.25, 0.3) is 0 Å². The molecule has 0 aliphatic heterocycles. The maximum absolute atomic E-state index is 5.93. The zero-order valence-corrected chi connectivity index (χ0v) is 13.5. The number of nitrogens with one attached hydrogen (secondary N) is 1. The Hall–Kier alpha value is -1.51. The Morgan fingerprint density at radius 3 is 2.38 bits per heavy atom. The molecule has 0 radical (unpaired) electrons. The molecule has 0 amide bonds. The second-order valence-corrected chi connectivity index (χ2v) is 5.79. The van der Waals surface area contributed by atoms with E-state index in [4.69, 9.17) is 11.6 Å². The smallest absolute Gasteiger partial charge is 0.0406 e. The van der Waals surface area contributed by atoms with E-state index in [1.807, 2.05) is 18.2 Å². The molecule has 21 heavy (non-hydrogen) atoms. The Morgan fingerprint density at radius 1 is 1.05 bits per heavy atom. The molecule has 0 bridgehead atoms. The molecule has 0 saturated heterocycles. The van der Waals surface area contributed by atoms with Crippen LogP contribution in [0.25, 0.3) is 0 Å². The van der Waals surface area contributed by atoms with Crippen LogP contribution >= 0.6 is 11.6 Å². The van der Waals surface area contributed by atoms with Gasteiger partial charge in [-0.3, -0.25) is 4.90 Å². The summed E-state index contributed by atoms with van der Waals surface area (Å²) in [6.07, 6.45) is 1.11. The highest BCUT2D eigenvalue weighted by atomic mass is 35.5. The van der Waals surface area contributed by atoms with Gasteiger partial charge in [0.15, 0.2) is 0 Å². The number of hydrogen-bond acceptors (Lipinski definition) is 2. The molecule has 2 aromatic rings. The average Bonchev–Trinajstić information content (AvgIpc) is 2.52. The number of nitrogens with zero attached hydrogens (tertiary/aromatic N) is 1. The molecule has 0 saturated carbocycles. The van der Waals surface area contributed by atoms with Crippen molar-refractivity contribution in [2.45, 2.75) is 19.4 Å². The van der Waals surface area contributed by atoms with Gasteiger partial charge in [0.1, 0.15) is 0 Å². The van der Waals surface area contributed by atoms with Gasteiger partial charge in [0.2, 0.25) is 0 Å². The molecule has 1 atom stereocenters. The predicted molar refractivity (Wildman–Crippen MR) is 92.0 cm³/mol. The SMILES string of the molecule is CC(c1ccc(Cl)cc1)N(C)CCCNc1ccccc1. The van der Waals surface area contributed by atoms with Crippen LogP contribution in [0.15, 0.2) is 54.6 Å². The highest BCUT2D eigenvalue weighted by Crippen LogP contribution is 2.20. The summed E-state index contributed by atoms with van der Waals surface area (Å²) in [6, 6.07) is 18.9. The monoisotopic (exact) mass is 302 g/mol. The molecule has 1 N–H and O–H groups in total. The minimum absolute atomic E-state index is 0.402. The molecule has 0 heterocycles. The zero-order valence-electron chi connectivity index (χ0n) is 12.7. The largest absolute Gasteiger partial charge is 0.385 e. The predicted octanol–water partition coefficient (Wildman–Crippen LogP) is 4.84.